The average Bonchev–Trinajstić information content (AvgIpc) is 2.84. The molecule has 1 aromatic carbocycles. The Morgan fingerprint density at radius 2 is 1.79 bits per heavy atom. The number of halogens is 1. The number of benzene rings is 1. The van der Waals surface area contributed by atoms with E-state index in [2.05, 4.69) is 5.32 Å². The highest BCUT2D eigenvalue weighted by molar-refractivity contribution is 6.64. The minimum absolute atomic E-state index is 0.153. The van der Waals surface area contributed by atoms with Gasteiger partial charge in [-0.2, -0.15) is 0 Å². The van der Waals surface area contributed by atoms with Crippen LogP contribution in [0.25, 0.3) is 0 Å². The molecule has 0 spiro atoms. The molecule has 0 aliphatic carbocycles. The van der Waals surface area contributed by atoms with Crippen molar-refractivity contribution >= 4 is 18.3 Å². The zero-order chi connectivity index (χ0) is 13.8. The van der Waals surface area contributed by atoms with Gasteiger partial charge in [0.15, 0.2) is 0 Å². The van der Waals surface area contributed by atoms with E-state index in [1.165, 1.54) is 6.07 Å². The van der Waals surface area contributed by atoms with E-state index in [-0.39, 0.29) is 17.0 Å². The zero-order valence-corrected chi connectivity index (χ0v) is 11.8. The van der Waals surface area contributed by atoms with Crippen LogP contribution in [-0.4, -0.2) is 24.9 Å². The van der Waals surface area contributed by atoms with Gasteiger partial charge in [-0.25, -0.2) is 4.39 Å². The SMILES string of the molecule is CC1(C)OB(c2ccc(F)c3c2NCC3)OC1(C)C. The molecule has 2 heterocycles. The number of fused-ring (bicyclic) bond motifs is 1. The molecule has 0 aromatic heterocycles. The van der Waals surface area contributed by atoms with Crippen molar-refractivity contribution in [1.82, 2.24) is 0 Å². The molecule has 0 bridgehead atoms. The lowest BCUT2D eigenvalue weighted by atomic mass is 9.77. The molecule has 0 atom stereocenters. The van der Waals surface area contributed by atoms with Crippen LogP contribution in [0, 0.1) is 5.82 Å². The Balaban J connectivity index is 2.00. The van der Waals surface area contributed by atoms with Crippen molar-refractivity contribution in [2.24, 2.45) is 0 Å². The van der Waals surface area contributed by atoms with E-state index < -0.39 is 7.12 Å². The standard InChI is InChI=1S/C14H19BFNO2/c1-13(2)14(3,4)19-15(18-13)10-5-6-11(16)9-7-8-17-12(9)10/h5-6,17H,7-8H2,1-4H3. The minimum atomic E-state index is -0.440. The van der Waals surface area contributed by atoms with Crippen LogP contribution in [0.3, 0.4) is 0 Å². The first-order chi connectivity index (χ1) is 8.82. The second-order valence-corrected chi connectivity index (χ2v) is 6.26. The van der Waals surface area contributed by atoms with Gasteiger partial charge < -0.3 is 14.6 Å². The average molecular weight is 263 g/mol. The van der Waals surface area contributed by atoms with Gasteiger partial charge in [0.2, 0.25) is 0 Å². The number of hydrogen-bond donors (Lipinski definition) is 1. The van der Waals surface area contributed by atoms with Gasteiger partial charge in [-0.05, 0) is 40.2 Å². The summed E-state index contributed by atoms with van der Waals surface area (Å²) in [7, 11) is -0.440. The fraction of sp³-hybridized carbons (Fsp3) is 0.571. The maximum absolute atomic E-state index is 13.7. The van der Waals surface area contributed by atoms with Gasteiger partial charge in [-0.1, -0.05) is 6.07 Å². The molecule has 1 fully saturated rings. The van der Waals surface area contributed by atoms with Crippen molar-refractivity contribution in [1.29, 1.82) is 0 Å². The molecule has 0 radical (unpaired) electrons. The summed E-state index contributed by atoms with van der Waals surface area (Å²) in [6, 6.07) is 3.26. The third-order valence-corrected chi connectivity index (χ3v) is 4.47. The second-order valence-electron chi connectivity index (χ2n) is 6.26. The third kappa shape index (κ3) is 1.87. The number of anilines is 1. The summed E-state index contributed by atoms with van der Waals surface area (Å²) in [5, 5.41) is 3.24. The normalized spacial score (nSPS) is 23.3. The summed E-state index contributed by atoms with van der Waals surface area (Å²) in [6.07, 6.45) is 0.717. The number of hydrogen-bond acceptors (Lipinski definition) is 3. The van der Waals surface area contributed by atoms with Crippen molar-refractivity contribution in [3.8, 4) is 0 Å². The molecular weight excluding hydrogens is 244 g/mol. The molecule has 3 nitrogen and oxygen atoms in total. The van der Waals surface area contributed by atoms with Crippen LogP contribution in [0.2, 0.25) is 0 Å². The molecule has 2 aliphatic heterocycles. The predicted octanol–water partition coefficient (Wildman–Crippen LogP) is 2.09. The van der Waals surface area contributed by atoms with Gasteiger partial charge in [0, 0.05) is 23.3 Å². The van der Waals surface area contributed by atoms with E-state index in [1.807, 2.05) is 27.7 Å². The van der Waals surface area contributed by atoms with Gasteiger partial charge in [0.1, 0.15) is 5.82 Å². The Morgan fingerprint density at radius 1 is 1.16 bits per heavy atom. The molecular formula is C14H19BFNO2. The Bertz CT molecular complexity index is 514. The maximum atomic E-state index is 13.7. The molecule has 102 valence electrons. The Kier molecular flexibility index (Phi) is 2.70. The summed E-state index contributed by atoms with van der Waals surface area (Å²) >= 11 is 0. The molecule has 1 N–H and O–H groups in total. The Hall–Kier alpha value is -1.07. The predicted molar refractivity (Wildman–Crippen MR) is 74.3 cm³/mol. The minimum Gasteiger partial charge on any atom is -0.399 e. The molecule has 19 heavy (non-hydrogen) atoms. The first-order valence-electron chi connectivity index (χ1n) is 6.73. The van der Waals surface area contributed by atoms with E-state index in [9.17, 15) is 4.39 Å². The van der Waals surface area contributed by atoms with Crippen molar-refractivity contribution in [2.75, 3.05) is 11.9 Å². The summed E-state index contributed by atoms with van der Waals surface area (Å²) in [4.78, 5) is 0. The second kappa shape index (κ2) is 3.96. The first-order valence-corrected chi connectivity index (χ1v) is 6.73. The van der Waals surface area contributed by atoms with Crippen molar-refractivity contribution in [3.63, 3.8) is 0 Å². The van der Waals surface area contributed by atoms with E-state index >= 15 is 0 Å². The van der Waals surface area contributed by atoms with E-state index in [0.29, 0.717) is 6.42 Å². The Labute approximate surface area is 113 Å². The highest BCUT2D eigenvalue weighted by Crippen LogP contribution is 2.37. The van der Waals surface area contributed by atoms with E-state index in [4.69, 9.17) is 9.31 Å². The van der Waals surface area contributed by atoms with Crippen molar-refractivity contribution < 1.29 is 13.7 Å². The van der Waals surface area contributed by atoms with Crippen LogP contribution < -0.4 is 10.8 Å². The molecule has 5 heteroatoms. The summed E-state index contributed by atoms with van der Waals surface area (Å²) in [5.74, 6) is -0.153. The van der Waals surface area contributed by atoms with Crippen LogP contribution in [0.15, 0.2) is 12.1 Å². The van der Waals surface area contributed by atoms with Gasteiger partial charge in [0.05, 0.1) is 11.2 Å². The molecule has 1 saturated heterocycles. The molecule has 3 rings (SSSR count). The van der Waals surface area contributed by atoms with Crippen molar-refractivity contribution in [2.45, 2.75) is 45.3 Å². The van der Waals surface area contributed by atoms with Gasteiger partial charge in [-0.15, -0.1) is 0 Å². The molecule has 0 amide bonds. The topological polar surface area (TPSA) is 30.5 Å². The monoisotopic (exact) mass is 263 g/mol. The van der Waals surface area contributed by atoms with Crippen LogP contribution in [0.4, 0.5) is 10.1 Å². The van der Waals surface area contributed by atoms with Crippen LogP contribution in [0.5, 0.6) is 0 Å². The summed E-state index contributed by atoms with van der Waals surface area (Å²) in [6.45, 7) is 8.84. The van der Waals surface area contributed by atoms with Crippen LogP contribution in [0.1, 0.15) is 33.3 Å². The molecule has 2 aliphatic rings. The Morgan fingerprint density at radius 3 is 2.42 bits per heavy atom. The lowest BCUT2D eigenvalue weighted by Gasteiger charge is -2.32. The van der Waals surface area contributed by atoms with E-state index in [0.717, 1.165) is 23.3 Å². The molecule has 1 aromatic rings. The summed E-state index contributed by atoms with van der Waals surface area (Å²) in [5.41, 5.74) is 1.73. The number of rotatable bonds is 1. The van der Waals surface area contributed by atoms with Gasteiger partial charge in [-0.3, -0.25) is 0 Å². The van der Waals surface area contributed by atoms with Crippen LogP contribution in [-0.2, 0) is 15.7 Å². The largest absolute Gasteiger partial charge is 0.496 e. The smallest absolute Gasteiger partial charge is 0.399 e. The molecule has 0 unspecified atom stereocenters. The van der Waals surface area contributed by atoms with Gasteiger partial charge in [0.25, 0.3) is 0 Å². The zero-order valence-electron chi connectivity index (χ0n) is 11.8. The summed E-state index contributed by atoms with van der Waals surface area (Å²) < 4.78 is 25.8. The third-order valence-electron chi connectivity index (χ3n) is 4.47. The lowest BCUT2D eigenvalue weighted by molar-refractivity contribution is 0.00578. The van der Waals surface area contributed by atoms with Crippen molar-refractivity contribution in [3.05, 3.63) is 23.5 Å². The number of nitrogens with one attached hydrogen (secondary N) is 1. The van der Waals surface area contributed by atoms with Gasteiger partial charge >= 0.3 is 7.12 Å². The quantitative estimate of drug-likeness (QED) is 0.787. The van der Waals surface area contributed by atoms with E-state index in [1.54, 1.807) is 6.07 Å². The maximum Gasteiger partial charge on any atom is 0.496 e. The first kappa shape index (κ1) is 12.9. The molecule has 0 saturated carbocycles. The lowest BCUT2D eigenvalue weighted by Crippen LogP contribution is -2.41. The fourth-order valence-electron chi connectivity index (χ4n) is 2.57. The highest BCUT2D eigenvalue weighted by atomic mass is 19.1. The highest BCUT2D eigenvalue weighted by Gasteiger charge is 2.52. The fourth-order valence-corrected chi connectivity index (χ4v) is 2.57. The van der Waals surface area contributed by atoms with Crippen LogP contribution >= 0.6 is 0 Å².